The van der Waals surface area contributed by atoms with Crippen LogP contribution in [0.4, 0.5) is 0 Å². The summed E-state index contributed by atoms with van der Waals surface area (Å²) in [4.78, 5) is 15.5. The van der Waals surface area contributed by atoms with Crippen molar-refractivity contribution in [3.8, 4) is 0 Å². The maximum Gasteiger partial charge on any atom is 0.241 e. The summed E-state index contributed by atoms with van der Waals surface area (Å²) < 4.78 is 28.7. The molecule has 6 nitrogen and oxygen atoms in total. The highest BCUT2D eigenvalue weighted by atomic mass is 32.2. The molecule has 198 valence electrons. The van der Waals surface area contributed by atoms with Crippen molar-refractivity contribution in [1.29, 1.82) is 0 Å². The van der Waals surface area contributed by atoms with E-state index in [1.54, 1.807) is 0 Å². The van der Waals surface area contributed by atoms with Crippen molar-refractivity contribution in [3.63, 3.8) is 0 Å². The van der Waals surface area contributed by atoms with E-state index in [1.807, 2.05) is 39.0 Å². The average molecular weight is 514 g/mol. The van der Waals surface area contributed by atoms with Gasteiger partial charge in [0.2, 0.25) is 15.9 Å². The molecular weight excluding hydrogens is 470 g/mol. The molecule has 0 radical (unpaired) electrons. The Labute approximate surface area is 217 Å². The molecule has 1 aliphatic carbocycles. The number of rotatable bonds is 11. The summed E-state index contributed by atoms with van der Waals surface area (Å²) in [5.41, 5.74) is 3.90. The number of nitrogens with one attached hydrogen (secondary N) is 2. The van der Waals surface area contributed by atoms with Crippen LogP contribution in [0, 0.1) is 32.6 Å². The summed E-state index contributed by atoms with van der Waals surface area (Å²) in [5.74, 6) is 0.404. The second kappa shape index (κ2) is 12.8. The van der Waals surface area contributed by atoms with Gasteiger partial charge < -0.3 is 5.32 Å². The van der Waals surface area contributed by atoms with E-state index < -0.39 is 10.0 Å². The molecule has 7 heteroatoms. The maximum absolute atomic E-state index is 13.0. The normalized spacial score (nSPS) is 18.5. The van der Waals surface area contributed by atoms with Crippen LogP contribution in [0.15, 0.2) is 47.4 Å². The molecule has 36 heavy (non-hydrogen) atoms. The van der Waals surface area contributed by atoms with Crippen LogP contribution in [0.1, 0.15) is 61.8 Å². The van der Waals surface area contributed by atoms with E-state index in [0.29, 0.717) is 24.0 Å². The molecule has 2 aromatic rings. The summed E-state index contributed by atoms with van der Waals surface area (Å²) in [6.45, 7) is 12.8. The minimum atomic E-state index is -3.55. The minimum absolute atomic E-state index is 0.0149. The molecule has 2 aromatic carbocycles. The van der Waals surface area contributed by atoms with Crippen molar-refractivity contribution in [2.24, 2.45) is 11.8 Å². The summed E-state index contributed by atoms with van der Waals surface area (Å²) in [6, 6.07) is 14.6. The van der Waals surface area contributed by atoms with Gasteiger partial charge in [0.15, 0.2) is 0 Å². The lowest BCUT2D eigenvalue weighted by molar-refractivity contribution is -0.126. The fraction of sp³-hybridized carbons (Fsp3) is 0.552. The van der Waals surface area contributed by atoms with E-state index in [-0.39, 0.29) is 17.7 Å². The van der Waals surface area contributed by atoms with E-state index in [1.165, 1.54) is 5.56 Å². The van der Waals surface area contributed by atoms with Gasteiger partial charge in [-0.2, -0.15) is 0 Å². The van der Waals surface area contributed by atoms with Crippen molar-refractivity contribution < 1.29 is 13.2 Å². The molecule has 0 heterocycles. The zero-order valence-corrected chi connectivity index (χ0v) is 23.3. The maximum atomic E-state index is 13.0. The van der Waals surface area contributed by atoms with Gasteiger partial charge in [-0.1, -0.05) is 48.0 Å². The standard InChI is InChI=1S/C29H43N3O3S/c1-21(2)32(20-26-9-7-6-8-10-26)16-15-30-29(33)27-13-11-25(12-14-27)19-31-36(34,35)28-23(4)17-22(3)18-24(28)5/h6-10,17-18,21,25,27,31H,11-16,19-20H2,1-5H3,(H,30,33). The lowest BCUT2D eigenvalue weighted by Crippen LogP contribution is -2.41. The number of carbonyl (C=O) groups excluding carboxylic acids is 1. The Bertz CT molecular complexity index is 1080. The van der Waals surface area contributed by atoms with Crippen LogP contribution in [0.2, 0.25) is 0 Å². The molecule has 1 saturated carbocycles. The van der Waals surface area contributed by atoms with Crippen LogP contribution >= 0.6 is 0 Å². The second-order valence-corrected chi connectivity index (χ2v) is 12.3. The van der Waals surface area contributed by atoms with Crippen LogP contribution < -0.4 is 10.0 Å². The molecular formula is C29H43N3O3S. The molecule has 1 amide bonds. The highest BCUT2D eigenvalue weighted by Crippen LogP contribution is 2.29. The largest absolute Gasteiger partial charge is 0.355 e. The van der Waals surface area contributed by atoms with Gasteiger partial charge in [0.25, 0.3) is 0 Å². The number of aryl methyl sites for hydroxylation is 3. The quantitative estimate of drug-likeness (QED) is 0.456. The van der Waals surface area contributed by atoms with Crippen LogP contribution in [-0.2, 0) is 21.4 Å². The van der Waals surface area contributed by atoms with Crippen molar-refractivity contribution in [3.05, 3.63) is 64.7 Å². The van der Waals surface area contributed by atoms with E-state index in [4.69, 9.17) is 0 Å². The Morgan fingerprint density at radius 3 is 2.19 bits per heavy atom. The van der Waals surface area contributed by atoms with Gasteiger partial charge in [0, 0.05) is 38.1 Å². The molecule has 0 saturated heterocycles. The molecule has 0 spiro atoms. The van der Waals surface area contributed by atoms with Crippen molar-refractivity contribution >= 4 is 15.9 Å². The number of hydrogen-bond acceptors (Lipinski definition) is 4. The Kier molecular flexibility index (Phi) is 10.1. The summed E-state index contributed by atoms with van der Waals surface area (Å²) in [6.07, 6.45) is 3.33. The summed E-state index contributed by atoms with van der Waals surface area (Å²) >= 11 is 0. The first-order valence-electron chi connectivity index (χ1n) is 13.2. The third kappa shape index (κ3) is 7.89. The van der Waals surface area contributed by atoms with Gasteiger partial charge in [0.1, 0.15) is 0 Å². The number of carbonyl (C=O) groups is 1. The fourth-order valence-electron chi connectivity index (χ4n) is 5.32. The van der Waals surface area contributed by atoms with Crippen LogP contribution in [0.3, 0.4) is 0 Å². The smallest absolute Gasteiger partial charge is 0.241 e. The van der Waals surface area contributed by atoms with Gasteiger partial charge in [-0.3, -0.25) is 9.69 Å². The number of amides is 1. The van der Waals surface area contributed by atoms with E-state index in [0.717, 1.165) is 55.5 Å². The zero-order valence-electron chi connectivity index (χ0n) is 22.5. The number of nitrogens with zero attached hydrogens (tertiary/aromatic N) is 1. The highest BCUT2D eigenvalue weighted by Gasteiger charge is 2.28. The summed E-state index contributed by atoms with van der Waals surface area (Å²) in [7, 11) is -3.55. The SMILES string of the molecule is Cc1cc(C)c(S(=O)(=O)NCC2CCC(C(=O)NCCN(Cc3ccccc3)C(C)C)CC2)c(C)c1. The average Bonchev–Trinajstić information content (AvgIpc) is 2.82. The van der Waals surface area contributed by atoms with Gasteiger partial charge in [-0.05, 0) is 82.9 Å². The molecule has 1 fully saturated rings. The second-order valence-electron chi connectivity index (χ2n) is 10.6. The van der Waals surface area contributed by atoms with Crippen LogP contribution in [0.5, 0.6) is 0 Å². The monoisotopic (exact) mass is 513 g/mol. The Balaban J connectivity index is 1.42. The molecule has 0 atom stereocenters. The van der Waals surface area contributed by atoms with Gasteiger partial charge >= 0.3 is 0 Å². The lowest BCUT2D eigenvalue weighted by atomic mass is 9.81. The molecule has 0 aromatic heterocycles. The van der Waals surface area contributed by atoms with Crippen molar-refractivity contribution in [1.82, 2.24) is 14.9 Å². The predicted molar refractivity (Wildman–Crippen MR) is 146 cm³/mol. The first-order chi connectivity index (χ1) is 17.1. The highest BCUT2D eigenvalue weighted by molar-refractivity contribution is 7.89. The topological polar surface area (TPSA) is 78.5 Å². The van der Waals surface area contributed by atoms with Crippen LogP contribution in [-0.4, -0.2) is 44.9 Å². The fourth-order valence-corrected chi connectivity index (χ4v) is 6.89. The first-order valence-corrected chi connectivity index (χ1v) is 14.7. The van der Waals surface area contributed by atoms with Crippen LogP contribution in [0.25, 0.3) is 0 Å². The molecule has 3 rings (SSSR count). The molecule has 1 aliphatic rings. The zero-order chi connectivity index (χ0) is 26.3. The first kappa shape index (κ1) is 28.4. The van der Waals surface area contributed by atoms with Crippen molar-refractivity contribution in [2.75, 3.05) is 19.6 Å². The van der Waals surface area contributed by atoms with E-state index in [2.05, 4.69) is 53.1 Å². The number of hydrogen-bond donors (Lipinski definition) is 2. The molecule has 2 N–H and O–H groups in total. The van der Waals surface area contributed by atoms with E-state index in [9.17, 15) is 13.2 Å². The third-order valence-corrected chi connectivity index (χ3v) is 9.04. The molecule has 0 unspecified atom stereocenters. The lowest BCUT2D eigenvalue weighted by Gasteiger charge is -2.29. The van der Waals surface area contributed by atoms with Gasteiger partial charge in [-0.15, -0.1) is 0 Å². The Morgan fingerprint density at radius 1 is 1.00 bits per heavy atom. The molecule has 0 aliphatic heterocycles. The third-order valence-electron chi connectivity index (χ3n) is 7.31. The minimum Gasteiger partial charge on any atom is -0.355 e. The van der Waals surface area contributed by atoms with Crippen molar-refractivity contribution in [2.45, 2.75) is 77.8 Å². The number of sulfonamides is 1. The predicted octanol–water partition coefficient (Wildman–Crippen LogP) is 4.72. The van der Waals surface area contributed by atoms with E-state index >= 15 is 0 Å². The van der Waals surface area contributed by atoms with Gasteiger partial charge in [-0.25, -0.2) is 13.1 Å². The van der Waals surface area contributed by atoms with Gasteiger partial charge in [0.05, 0.1) is 4.90 Å². The summed E-state index contributed by atoms with van der Waals surface area (Å²) in [5, 5.41) is 3.14. The Morgan fingerprint density at radius 2 is 1.61 bits per heavy atom. The Hall–Kier alpha value is -2.22. The number of benzene rings is 2. The molecule has 0 bridgehead atoms.